The van der Waals surface area contributed by atoms with Crippen LogP contribution in [-0.2, 0) is 11.2 Å². The Balaban J connectivity index is 1.73. The molecule has 5 nitrogen and oxygen atoms in total. The van der Waals surface area contributed by atoms with E-state index >= 15 is 0 Å². The van der Waals surface area contributed by atoms with Gasteiger partial charge in [-0.15, -0.1) is 0 Å². The molecule has 0 aliphatic carbocycles. The van der Waals surface area contributed by atoms with Crippen LogP contribution in [0.3, 0.4) is 0 Å². The Kier molecular flexibility index (Phi) is 3.13. The van der Waals surface area contributed by atoms with Crippen LogP contribution in [0.15, 0.2) is 30.3 Å². The molecule has 2 aliphatic heterocycles. The first-order valence-corrected chi connectivity index (χ1v) is 7.66. The molecule has 2 bridgehead atoms. The van der Waals surface area contributed by atoms with Gasteiger partial charge in [-0.25, -0.2) is 0 Å². The smallest absolute Gasteiger partial charge is 0.200 e. The first kappa shape index (κ1) is 13.7. The number of fused-ring (bicyclic) bond motifs is 5. The third kappa shape index (κ3) is 1.86. The van der Waals surface area contributed by atoms with Crippen molar-refractivity contribution in [3.8, 4) is 11.8 Å². The molecule has 22 heavy (non-hydrogen) atoms. The minimum absolute atomic E-state index is 0.0367. The molecule has 1 aromatic heterocycles. The first-order valence-electron chi connectivity index (χ1n) is 7.66. The van der Waals surface area contributed by atoms with Crippen molar-refractivity contribution in [2.75, 3.05) is 6.61 Å². The van der Waals surface area contributed by atoms with E-state index in [1.54, 1.807) is 0 Å². The summed E-state index contributed by atoms with van der Waals surface area (Å²) in [5, 5.41) is 30.8. The molecule has 3 unspecified atom stereocenters. The summed E-state index contributed by atoms with van der Waals surface area (Å²) in [6, 6.07) is 9.36. The maximum absolute atomic E-state index is 10.5. The third-order valence-electron chi connectivity index (χ3n) is 4.78. The van der Waals surface area contributed by atoms with E-state index in [9.17, 15) is 15.3 Å². The minimum atomic E-state index is -0.396. The molecule has 4 rings (SSSR count). The number of nitrogens with zero attached hydrogens (tertiary/aromatic N) is 1. The van der Waals surface area contributed by atoms with Gasteiger partial charge in [0, 0.05) is 0 Å². The van der Waals surface area contributed by atoms with Crippen molar-refractivity contribution in [3.63, 3.8) is 0 Å². The normalized spacial score (nSPS) is 23.7. The van der Waals surface area contributed by atoms with Gasteiger partial charge in [-0.3, -0.25) is 4.57 Å². The van der Waals surface area contributed by atoms with Crippen molar-refractivity contribution in [2.45, 2.75) is 37.5 Å². The lowest BCUT2D eigenvalue weighted by molar-refractivity contribution is 0.0669. The topological polar surface area (TPSA) is 74.9 Å². The van der Waals surface area contributed by atoms with Crippen molar-refractivity contribution in [1.82, 2.24) is 4.57 Å². The summed E-state index contributed by atoms with van der Waals surface area (Å²) in [7, 11) is 0. The average Bonchev–Trinajstić information content (AvgIpc) is 3.21. The van der Waals surface area contributed by atoms with Crippen LogP contribution in [0.1, 0.15) is 47.8 Å². The number of aromatic nitrogens is 1. The average molecular weight is 301 g/mol. The maximum Gasteiger partial charge on any atom is 0.200 e. The molecular formula is C17H19NO4. The van der Waals surface area contributed by atoms with Crippen molar-refractivity contribution in [3.05, 3.63) is 47.0 Å². The molecule has 2 aromatic rings. The molecule has 1 fully saturated rings. The summed E-state index contributed by atoms with van der Waals surface area (Å²) < 4.78 is 7.20. The number of aliphatic hydroxyl groups is 1. The van der Waals surface area contributed by atoms with Crippen LogP contribution < -0.4 is 0 Å². The lowest BCUT2D eigenvalue weighted by Gasteiger charge is -2.20. The molecule has 116 valence electrons. The van der Waals surface area contributed by atoms with Crippen LogP contribution in [-0.4, -0.2) is 26.5 Å². The van der Waals surface area contributed by atoms with Crippen molar-refractivity contribution < 1.29 is 20.1 Å². The Morgan fingerprint density at radius 2 is 1.64 bits per heavy atom. The number of hydrogen-bond acceptors (Lipinski definition) is 4. The second-order valence-corrected chi connectivity index (χ2v) is 6.06. The number of rotatable bonds is 4. The predicted molar refractivity (Wildman–Crippen MR) is 79.8 cm³/mol. The van der Waals surface area contributed by atoms with Gasteiger partial charge in [-0.2, -0.15) is 0 Å². The molecule has 2 aliphatic rings. The summed E-state index contributed by atoms with van der Waals surface area (Å²) in [5.41, 5.74) is 2.47. The molecule has 1 saturated heterocycles. The molecule has 0 saturated carbocycles. The zero-order chi connectivity index (χ0) is 15.3. The van der Waals surface area contributed by atoms with E-state index < -0.39 is 6.04 Å². The molecule has 5 heteroatoms. The molecule has 1 aromatic carbocycles. The number of hydrogen-bond donors (Lipinski definition) is 3. The standard InChI is InChI=1S/C17H19NO4/c19-9-11(8-10-4-2-1-3-5-10)18-16(20)14-12-6-7-13(22-12)15(14)17(18)21/h1-5,11-13,19-21H,6-9H2. The van der Waals surface area contributed by atoms with Gasteiger partial charge in [0.05, 0.1) is 36.0 Å². The van der Waals surface area contributed by atoms with E-state index in [0.29, 0.717) is 17.5 Å². The molecule has 0 radical (unpaired) electrons. The Morgan fingerprint density at radius 1 is 1.05 bits per heavy atom. The Morgan fingerprint density at radius 3 is 2.18 bits per heavy atom. The van der Waals surface area contributed by atoms with E-state index in [2.05, 4.69) is 0 Å². The fourth-order valence-corrected chi connectivity index (χ4v) is 3.77. The zero-order valence-corrected chi connectivity index (χ0v) is 12.1. The highest BCUT2D eigenvalue weighted by molar-refractivity contribution is 5.52. The number of benzene rings is 1. The number of ether oxygens (including phenoxy) is 1. The summed E-state index contributed by atoms with van der Waals surface area (Å²) >= 11 is 0. The van der Waals surface area contributed by atoms with E-state index in [1.165, 1.54) is 4.57 Å². The van der Waals surface area contributed by atoms with Gasteiger partial charge in [0.15, 0.2) is 0 Å². The lowest BCUT2D eigenvalue weighted by atomic mass is 9.95. The van der Waals surface area contributed by atoms with Gasteiger partial charge < -0.3 is 20.1 Å². The summed E-state index contributed by atoms with van der Waals surface area (Å²) in [6.07, 6.45) is 2.04. The quantitative estimate of drug-likeness (QED) is 0.811. The second kappa shape index (κ2) is 5.04. The Labute approximate surface area is 128 Å². The Bertz CT molecular complexity index is 661. The van der Waals surface area contributed by atoms with Crippen LogP contribution in [0.5, 0.6) is 11.8 Å². The zero-order valence-electron chi connectivity index (χ0n) is 12.1. The van der Waals surface area contributed by atoms with Crippen LogP contribution in [0.4, 0.5) is 0 Å². The highest BCUT2D eigenvalue weighted by atomic mass is 16.5. The van der Waals surface area contributed by atoms with E-state index in [0.717, 1.165) is 18.4 Å². The minimum Gasteiger partial charge on any atom is -0.494 e. The number of aliphatic hydroxyl groups excluding tert-OH is 1. The lowest BCUT2D eigenvalue weighted by Crippen LogP contribution is -2.16. The Hall–Kier alpha value is -1.98. The summed E-state index contributed by atoms with van der Waals surface area (Å²) in [6.45, 7) is -0.153. The van der Waals surface area contributed by atoms with Crippen molar-refractivity contribution in [1.29, 1.82) is 0 Å². The van der Waals surface area contributed by atoms with Gasteiger partial charge in [-0.05, 0) is 24.8 Å². The SMILES string of the molecule is OCC(Cc1ccccc1)n1c(O)c2c(c1O)C1CCC2O1. The fraction of sp³-hybridized carbons (Fsp3) is 0.412. The largest absolute Gasteiger partial charge is 0.494 e. The van der Waals surface area contributed by atoms with Crippen LogP contribution in [0.25, 0.3) is 0 Å². The molecule has 3 atom stereocenters. The third-order valence-corrected chi connectivity index (χ3v) is 4.78. The van der Waals surface area contributed by atoms with Gasteiger partial charge in [0.2, 0.25) is 11.8 Å². The molecule has 0 spiro atoms. The molecule has 3 heterocycles. The highest BCUT2D eigenvalue weighted by Crippen LogP contribution is 2.58. The predicted octanol–water partition coefficient (Wildman–Crippen LogP) is 2.58. The van der Waals surface area contributed by atoms with E-state index in [4.69, 9.17) is 4.74 Å². The number of aromatic hydroxyl groups is 2. The molecule has 0 amide bonds. The maximum atomic E-state index is 10.5. The van der Waals surface area contributed by atoms with Gasteiger partial charge in [0.1, 0.15) is 0 Å². The molecular weight excluding hydrogens is 282 g/mol. The van der Waals surface area contributed by atoms with Crippen LogP contribution in [0.2, 0.25) is 0 Å². The molecule has 3 N–H and O–H groups in total. The monoisotopic (exact) mass is 301 g/mol. The first-order chi connectivity index (χ1) is 10.7. The van der Waals surface area contributed by atoms with Crippen molar-refractivity contribution >= 4 is 0 Å². The van der Waals surface area contributed by atoms with Gasteiger partial charge in [0.25, 0.3) is 0 Å². The second-order valence-electron chi connectivity index (χ2n) is 6.06. The van der Waals surface area contributed by atoms with Gasteiger partial charge >= 0.3 is 0 Å². The summed E-state index contributed by atoms with van der Waals surface area (Å²) in [4.78, 5) is 0. The summed E-state index contributed by atoms with van der Waals surface area (Å²) in [5.74, 6) is 0.0735. The van der Waals surface area contributed by atoms with Crippen LogP contribution in [0, 0.1) is 0 Å². The highest BCUT2D eigenvalue weighted by Gasteiger charge is 2.46. The van der Waals surface area contributed by atoms with Gasteiger partial charge in [-0.1, -0.05) is 30.3 Å². The fourth-order valence-electron chi connectivity index (χ4n) is 3.77. The van der Waals surface area contributed by atoms with E-state index in [1.807, 2.05) is 30.3 Å². The van der Waals surface area contributed by atoms with E-state index in [-0.39, 0.29) is 30.6 Å². The van der Waals surface area contributed by atoms with Crippen molar-refractivity contribution in [2.24, 2.45) is 0 Å². The van der Waals surface area contributed by atoms with Crippen LogP contribution >= 0.6 is 0 Å².